The van der Waals surface area contributed by atoms with Crippen LogP contribution >= 0.6 is 0 Å². The average molecular weight is 213 g/mol. The molecule has 0 aromatic carbocycles. The summed E-state index contributed by atoms with van der Waals surface area (Å²) >= 11 is 0. The molecule has 2 aliphatic heterocycles. The van der Waals surface area contributed by atoms with Crippen LogP contribution in [0.1, 0.15) is 26.2 Å². The molecule has 5 heteroatoms. The van der Waals surface area contributed by atoms with E-state index in [1.54, 1.807) is 6.92 Å². The van der Waals surface area contributed by atoms with Crippen molar-refractivity contribution in [3.63, 3.8) is 0 Å². The third-order valence-electron chi connectivity index (χ3n) is 3.19. The topological polar surface area (TPSA) is 66.8 Å². The van der Waals surface area contributed by atoms with Gasteiger partial charge >= 0.3 is 5.97 Å². The lowest BCUT2D eigenvalue weighted by Crippen LogP contribution is -2.48. The number of hydrogen-bond donors (Lipinski definition) is 1. The molecule has 0 aliphatic carbocycles. The van der Waals surface area contributed by atoms with Crippen LogP contribution in [0.25, 0.3) is 0 Å². The van der Waals surface area contributed by atoms with Crippen molar-refractivity contribution < 1.29 is 19.4 Å². The molecule has 2 saturated heterocycles. The maximum Gasteiger partial charge on any atom is 0.332 e. The first kappa shape index (κ1) is 10.4. The largest absolute Gasteiger partial charge is 0.464 e. The van der Waals surface area contributed by atoms with Crippen LogP contribution < -0.4 is 0 Å². The second kappa shape index (κ2) is 3.48. The van der Waals surface area contributed by atoms with Gasteiger partial charge in [-0.2, -0.15) is 0 Å². The molecule has 2 fully saturated rings. The molecule has 1 amide bonds. The number of carbonyl (C=O) groups excluding carboxylic acids is 2. The number of rotatable bonds is 2. The van der Waals surface area contributed by atoms with Crippen molar-refractivity contribution in [1.29, 1.82) is 0 Å². The highest BCUT2D eigenvalue weighted by molar-refractivity contribution is 5.92. The summed E-state index contributed by atoms with van der Waals surface area (Å²) in [5, 5.41) is 9.53. The van der Waals surface area contributed by atoms with Gasteiger partial charge in [0.15, 0.2) is 0 Å². The maximum atomic E-state index is 11.8. The van der Waals surface area contributed by atoms with Gasteiger partial charge in [-0.25, -0.2) is 4.79 Å². The molecule has 0 bridgehead atoms. The van der Waals surface area contributed by atoms with Crippen LogP contribution in [0, 0.1) is 0 Å². The summed E-state index contributed by atoms with van der Waals surface area (Å²) < 4.78 is 4.98. The highest BCUT2D eigenvalue weighted by atomic mass is 16.5. The van der Waals surface area contributed by atoms with Gasteiger partial charge in [-0.1, -0.05) is 0 Å². The fraction of sp³-hybridized carbons (Fsp3) is 0.800. The Hall–Kier alpha value is -1.10. The third kappa shape index (κ3) is 1.42. The standard InChI is InChI=1S/C10H15NO4/c1-2-15-9(14)10-4-3-8(13)11(10)6-7(12)5-10/h7,12H,2-6H2,1H3/t7?,10-/m1/s1. The number of aliphatic hydroxyl groups is 1. The number of esters is 1. The van der Waals surface area contributed by atoms with Crippen LogP contribution in [0.2, 0.25) is 0 Å². The van der Waals surface area contributed by atoms with E-state index in [4.69, 9.17) is 4.74 Å². The van der Waals surface area contributed by atoms with E-state index in [9.17, 15) is 14.7 Å². The van der Waals surface area contributed by atoms with E-state index in [1.165, 1.54) is 4.90 Å². The van der Waals surface area contributed by atoms with Crippen molar-refractivity contribution in [3.05, 3.63) is 0 Å². The van der Waals surface area contributed by atoms with Crippen molar-refractivity contribution in [3.8, 4) is 0 Å². The Balaban J connectivity index is 2.24. The van der Waals surface area contributed by atoms with Crippen molar-refractivity contribution in [2.45, 2.75) is 37.8 Å². The molecular formula is C10H15NO4. The SMILES string of the molecule is CCOC(=O)[C@]12CCC(=O)N1CC(O)C2. The predicted molar refractivity (Wildman–Crippen MR) is 50.9 cm³/mol. The van der Waals surface area contributed by atoms with E-state index < -0.39 is 11.6 Å². The predicted octanol–water partition coefficient (Wildman–Crippen LogP) is -0.325. The zero-order chi connectivity index (χ0) is 11.1. The molecule has 1 N–H and O–H groups in total. The summed E-state index contributed by atoms with van der Waals surface area (Å²) in [5.74, 6) is -0.424. The van der Waals surface area contributed by atoms with Gasteiger partial charge in [0.2, 0.25) is 5.91 Å². The number of β-amino-alcohol motifs (C(OH)–C–C–N with tert-alkyl or cyclic N) is 1. The first-order chi connectivity index (χ1) is 7.10. The number of nitrogens with zero attached hydrogens (tertiary/aromatic N) is 1. The highest BCUT2D eigenvalue weighted by Gasteiger charge is 2.57. The Morgan fingerprint density at radius 1 is 1.73 bits per heavy atom. The minimum Gasteiger partial charge on any atom is -0.464 e. The van der Waals surface area contributed by atoms with Gasteiger partial charge in [0.05, 0.1) is 12.7 Å². The zero-order valence-electron chi connectivity index (χ0n) is 8.73. The smallest absolute Gasteiger partial charge is 0.332 e. The van der Waals surface area contributed by atoms with Crippen molar-refractivity contribution in [1.82, 2.24) is 4.90 Å². The van der Waals surface area contributed by atoms with E-state index in [0.717, 1.165) is 0 Å². The van der Waals surface area contributed by atoms with Crippen LogP contribution in [-0.4, -0.2) is 46.7 Å². The van der Waals surface area contributed by atoms with Crippen molar-refractivity contribution in [2.24, 2.45) is 0 Å². The quantitative estimate of drug-likeness (QED) is 0.638. The fourth-order valence-corrected chi connectivity index (χ4v) is 2.54. The van der Waals surface area contributed by atoms with Gasteiger partial charge in [-0.15, -0.1) is 0 Å². The zero-order valence-corrected chi connectivity index (χ0v) is 8.73. The van der Waals surface area contributed by atoms with Crippen molar-refractivity contribution in [2.75, 3.05) is 13.2 Å². The molecule has 0 saturated carbocycles. The number of hydrogen-bond acceptors (Lipinski definition) is 4. The second-order valence-electron chi connectivity index (χ2n) is 4.11. The van der Waals surface area contributed by atoms with E-state index in [-0.39, 0.29) is 18.4 Å². The average Bonchev–Trinajstić information content (AvgIpc) is 2.66. The molecule has 2 aliphatic rings. The van der Waals surface area contributed by atoms with Gasteiger partial charge in [0.1, 0.15) is 5.54 Å². The van der Waals surface area contributed by atoms with E-state index >= 15 is 0 Å². The van der Waals surface area contributed by atoms with Crippen LogP contribution in [-0.2, 0) is 14.3 Å². The lowest BCUT2D eigenvalue weighted by molar-refractivity contribution is -0.157. The maximum absolute atomic E-state index is 11.8. The normalized spacial score (nSPS) is 34.4. The number of ether oxygens (including phenoxy) is 1. The molecule has 0 spiro atoms. The Morgan fingerprint density at radius 3 is 3.13 bits per heavy atom. The van der Waals surface area contributed by atoms with Gasteiger partial charge < -0.3 is 14.7 Å². The first-order valence-electron chi connectivity index (χ1n) is 5.26. The monoisotopic (exact) mass is 213 g/mol. The second-order valence-corrected chi connectivity index (χ2v) is 4.11. The van der Waals surface area contributed by atoms with Crippen LogP contribution in [0.15, 0.2) is 0 Å². The summed E-state index contributed by atoms with van der Waals surface area (Å²) in [4.78, 5) is 24.8. The minimum absolute atomic E-state index is 0.0559. The molecule has 0 aromatic heterocycles. The summed E-state index contributed by atoms with van der Waals surface area (Å²) in [6.45, 7) is 2.30. The summed E-state index contributed by atoms with van der Waals surface area (Å²) in [7, 11) is 0. The summed E-state index contributed by atoms with van der Waals surface area (Å²) in [5.41, 5.74) is -0.869. The number of carbonyl (C=O) groups is 2. The van der Waals surface area contributed by atoms with Gasteiger partial charge in [0, 0.05) is 19.4 Å². The molecule has 2 rings (SSSR count). The Morgan fingerprint density at radius 2 is 2.47 bits per heavy atom. The molecule has 0 radical (unpaired) electrons. The summed E-state index contributed by atoms with van der Waals surface area (Å²) in [6.07, 6.45) is 0.573. The molecule has 0 aromatic rings. The van der Waals surface area contributed by atoms with Crippen LogP contribution in [0.3, 0.4) is 0 Å². The number of aliphatic hydroxyl groups excluding tert-OH is 1. The highest BCUT2D eigenvalue weighted by Crippen LogP contribution is 2.40. The van der Waals surface area contributed by atoms with Crippen LogP contribution in [0.4, 0.5) is 0 Å². The lowest BCUT2D eigenvalue weighted by atomic mass is 9.93. The Kier molecular flexibility index (Phi) is 2.42. The van der Waals surface area contributed by atoms with Gasteiger partial charge in [-0.3, -0.25) is 4.79 Å². The van der Waals surface area contributed by atoms with E-state index in [0.29, 0.717) is 25.9 Å². The molecule has 5 nitrogen and oxygen atoms in total. The Labute approximate surface area is 88.0 Å². The third-order valence-corrected chi connectivity index (χ3v) is 3.19. The van der Waals surface area contributed by atoms with Crippen molar-refractivity contribution >= 4 is 11.9 Å². The molecular weight excluding hydrogens is 198 g/mol. The van der Waals surface area contributed by atoms with Gasteiger partial charge in [-0.05, 0) is 13.3 Å². The minimum atomic E-state index is -0.869. The molecule has 84 valence electrons. The lowest BCUT2D eigenvalue weighted by Gasteiger charge is -2.28. The van der Waals surface area contributed by atoms with E-state index in [1.807, 2.05) is 0 Å². The van der Waals surface area contributed by atoms with Crippen LogP contribution in [0.5, 0.6) is 0 Å². The molecule has 2 atom stereocenters. The van der Waals surface area contributed by atoms with E-state index in [2.05, 4.69) is 0 Å². The van der Waals surface area contributed by atoms with Gasteiger partial charge in [0.25, 0.3) is 0 Å². The number of fused-ring (bicyclic) bond motifs is 1. The molecule has 2 heterocycles. The fourth-order valence-electron chi connectivity index (χ4n) is 2.54. The first-order valence-corrected chi connectivity index (χ1v) is 5.26. The number of amides is 1. The summed E-state index contributed by atoms with van der Waals surface area (Å²) in [6, 6.07) is 0. The Bertz CT molecular complexity index is 304. The molecule has 15 heavy (non-hydrogen) atoms. The molecule has 1 unspecified atom stereocenters.